The van der Waals surface area contributed by atoms with E-state index in [4.69, 9.17) is 5.11 Å². The van der Waals surface area contributed by atoms with Crippen LogP contribution in [0.25, 0.3) is 0 Å². The molecule has 1 aliphatic rings. The first-order chi connectivity index (χ1) is 9.56. The molecule has 0 saturated heterocycles. The van der Waals surface area contributed by atoms with Gasteiger partial charge < -0.3 is 20.7 Å². The number of nitrogens with one attached hydrogen (secondary N) is 3. The Morgan fingerprint density at radius 3 is 2.85 bits per heavy atom. The molecule has 0 aliphatic heterocycles. The Morgan fingerprint density at radius 2 is 2.30 bits per heavy atom. The van der Waals surface area contributed by atoms with Gasteiger partial charge in [0.1, 0.15) is 6.04 Å². The lowest BCUT2D eigenvalue weighted by atomic mass is 10.1. The molecular formula is C13H20N4O3. The second-order valence-electron chi connectivity index (χ2n) is 5.34. The van der Waals surface area contributed by atoms with Crippen molar-refractivity contribution >= 4 is 12.0 Å². The lowest BCUT2D eigenvalue weighted by molar-refractivity contribution is -0.139. The number of carboxylic acid groups (broad SMARTS) is 1. The number of carbonyl (C=O) groups is 2. The highest BCUT2D eigenvalue weighted by molar-refractivity contribution is 5.82. The summed E-state index contributed by atoms with van der Waals surface area (Å²) in [4.78, 5) is 29.5. The Morgan fingerprint density at radius 1 is 1.55 bits per heavy atom. The highest BCUT2D eigenvalue weighted by atomic mass is 16.4. The largest absolute Gasteiger partial charge is 0.480 e. The number of carbonyl (C=O) groups excluding carboxylic acids is 1. The molecule has 110 valence electrons. The van der Waals surface area contributed by atoms with Gasteiger partial charge in [0.05, 0.1) is 6.33 Å². The van der Waals surface area contributed by atoms with Crippen molar-refractivity contribution in [2.75, 3.05) is 6.54 Å². The van der Waals surface area contributed by atoms with Crippen molar-refractivity contribution in [3.05, 3.63) is 18.2 Å². The lowest BCUT2D eigenvalue weighted by Gasteiger charge is -2.16. The van der Waals surface area contributed by atoms with Crippen LogP contribution in [0.4, 0.5) is 4.79 Å². The molecule has 2 atom stereocenters. The van der Waals surface area contributed by atoms with Crippen LogP contribution in [0.3, 0.4) is 0 Å². The van der Waals surface area contributed by atoms with Crippen molar-refractivity contribution in [1.29, 1.82) is 0 Å². The Balaban J connectivity index is 1.77. The normalized spacial score (nSPS) is 17.2. The van der Waals surface area contributed by atoms with Crippen molar-refractivity contribution in [3.8, 4) is 0 Å². The number of aromatic amines is 1. The summed E-state index contributed by atoms with van der Waals surface area (Å²) >= 11 is 0. The molecule has 0 aromatic carbocycles. The van der Waals surface area contributed by atoms with Crippen molar-refractivity contribution in [2.45, 2.75) is 32.2 Å². The van der Waals surface area contributed by atoms with E-state index in [1.807, 2.05) is 0 Å². The lowest BCUT2D eigenvalue weighted by Crippen LogP contribution is -2.48. The molecule has 1 aliphatic carbocycles. The summed E-state index contributed by atoms with van der Waals surface area (Å²) in [5.41, 5.74) is 0.670. The topological polar surface area (TPSA) is 107 Å². The summed E-state index contributed by atoms with van der Waals surface area (Å²) in [6.07, 6.45) is 5.65. The second-order valence-corrected chi connectivity index (χ2v) is 5.34. The van der Waals surface area contributed by atoms with Gasteiger partial charge in [-0.05, 0) is 24.7 Å². The second kappa shape index (κ2) is 6.40. The van der Waals surface area contributed by atoms with Crippen molar-refractivity contribution < 1.29 is 14.7 Å². The number of imidazole rings is 1. The fraction of sp³-hybridized carbons (Fsp3) is 0.615. The molecule has 4 N–H and O–H groups in total. The maximum atomic E-state index is 11.7. The number of nitrogens with zero attached hydrogens (tertiary/aromatic N) is 1. The van der Waals surface area contributed by atoms with Gasteiger partial charge in [0.2, 0.25) is 0 Å². The summed E-state index contributed by atoms with van der Waals surface area (Å²) < 4.78 is 0. The van der Waals surface area contributed by atoms with E-state index < -0.39 is 18.0 Å². The van der Waals surface area contributed by atoms with Gasteiger partial charge in [0.25, 0.3) is 0 Å². The first-order valence-corrected chi connectivity index (χ1v) is 6.80. The van der Waals surface area contributed by atoms with E-state index in [9.17, 15) is 9.59 Å². The van der Waals surface area contributed by atoms with Crippen LogP contribution in [0.15, 0.2) is 12.5 Å². The Labute approximate surface area is 117 Å². The van der Waals surface area contributed by atoms with Crippen LogP contribution in [-0.2, 0) is 11.2 Å². The zero-order valence-electron chi connectivity index (χ0n) is 11.4. The zero-order chi connectivity index (χ0) is 14.5. The Bertz CT molecular complexity index is 456. The third-order valence-corrected chi connectivity index (χ3v) is 3.59. The summed E-state index contributed by atoms with van der Waals surface area (Å²) in [6, 6.07) is -1.41. The number of aromatic nitrogens is 2. The predicted octanol–water partition coefficient (Wildman–Crippen LogP) is 0.751. The van der Waals surface area contributed by atoms with Gasteiger partial charge in [0, 0.05) is 24.9 Å². The number of urea groups is 1. The van der Waals surface area contributed by atoms with Gasteiger partial charge in [-0.3, -0.25) is 0 Å². The number of hydrogen-bond donors (Lipinski definition) is 4. The fourth-order valence-electron chi connectivity index (χ4n) is 2.11. The Hall–Kier alpha value is -2.05. The van der Waals surface area contributed by atoms with Gasteiger partial charge in [-0.1, -0.05) is 6.92 Å². The average molecular weight is 280 g/mol. The molecule has 1 saturated carbocycles. The molecule has 7 heteroatoms. The summed E-state index contributed by atoms with van der Waals surface area (Å²) in [7, 11) is 0. The minimum Gasteiger partial charge on any atom is -0.480 e. The molecule has 1 aromatic heterocycles. The van der Waals surface area contributed by atoms with Crippen LogP contribution in [0.2, 0.25) is 0 Å². The van der Waals surface area contributed by atoms with Gasteiger partial charge in [-0.2, -0.15) is 0 Å². The molecular weight excluding hydrogens is 260 g/mol. The molecule has 0 radical (unpaired) electrons. The first-order valence-electron chi connectivity index (χ1n) is 6.80. The number of rotatable bonds is 7. The third-order valence-electron chi connectivity index (χ3n) is 3.59. The summed E-state index contributed by atoms with van der Waals surface area (Å²) in [5.74, 6) is 0.0807. The molecule has 1 aromatic rings. The van der Waals surface area contributed by atoms with E-state index >= 15 is 0 Å². The fourth-order valence-corrected chi connectivity index (χ4v) is 2.11. The van der Waals surface area contributed by atoms with E-state index in [2.05, 4.69) is 27.5 Å². The molecule has 0 spiro atoms. The zero-order valence-corrected chi connectivity index (χ0v) is 11.4. The van der Waals surface area contributed by atoms with E-state index in [0.717, 1.165) is 0 Å². The monoisotopic (exact) mass is 280 g/mol. The first kappa shape index (κ1) is 14.4. The smallest absolute Gasteiger partial charge is 0.326 e. The number of carboxylic acids is 1. The highest BCUT2D eigenvalue weighted by Gasteiger charge is 2.28. The Kier molecular flexibility index (Phi) is 4.60. The molecule has 20 heavy (non-hydrogen) atoms. The maximum Gasteiger partial charge on any atom is 0.326 e. The molecule has 1 heterocycles. The molecule has 1 fully saturated rings. The standard InChI is InChI=1S/C13H20N4O3/c1-8(9-2-3-9)5-15-13(20)17-11(12(18)19)4-10-6-14-7-16-10/h6-9,11H,2-5H2,1H3,(H,14,16)(H,18,19)(H2,15,17,20)/t8?,11-/m1/s1. The van der Waals surface area contributed by atoms with Gasteiger partial charge in [-0.25, -0.2) is 14.6 Å². The van der Waals surface area contributed by atoms with Crippen LogP contribution >= 0.6 is 0 Å². The average Bonchev–Trinajstić information content (AvgIpc) is 3.14. The van der Waals surface area contributed by atoms with Crippen molar-refractivity contribution in [3.63, 3.8) is 0 Å². The summed E-state index contributed by atoms with van der Waals surface area (Å²) in [5, 5.41) is 14.3. The minimum absolute atomic E-state index is 0.181. The van der Waals surface area contributed by atoms with E-state index in [-0.39, 0.29) is 6.42 Å². The van der Waals surface area contributed by atoms with Crippen LogP contribution in [0, 0.1) is 11.8 Å². The number of amides is 2. The van der Waals surface area contributed by atoms with E-state index in [0.29, 0.717) is 24.1 Å². The number of aliphatic carboxylic acids is 1. The van der Waals surface area contributed by atoms with Gasteiger partial charge in [-0.15, -0.1) is 0 Å². The minimum atomic E-state index is -1.06. The predicted molar refractivity (Wildman–Crippen MR) is 72.1 cm³/mol. The third kappa shape index (κ3) is 4.25. The molecule has 1 unspecified atom stereocenters. The molecule has 7 nitrogen and oxygen atoms in total. The van der Waals surface area contributed by atoms with Gasteiger partial charge >= 0.3 is 12.0 Å². The van der Waals surface area contributed by atoms with Crippen LogP contribution in [-0.4, -0.2) is 39.7 Å². The van der Waals surface area contributed by atoms with Crippen molar-refractivity contribution in [2.24, 2.45) is 11.8 Å². The molecule has 2 amide bonds. The highest BCUT2D eigenvalue weighted by Crippen LogP contribution is 2.35. The SMILES string of the molecule is CC(CNC(=O)N[C@H](Cc1cnc[nH]1)C(=O)O)C1CC1. The maximum absolute atomic E-state index is 11.7. The molecule has 0 bridgehead atoms. The van der Waals surface area contributed by atoms with Crippen LogP contribution in [0.5, 0.6) is 0 Å². The number of H-pyrrole nitrogens is 1. The van der Waals surface area contributed by atoms with E-state index in [1.165, 1.54) is 19.2 Å². The van der Waals surface area contributed by atoms with Crippen molar-refractivity contribution in [1.82, 2.24) is 20.6 Å². The summed E-state index contributed by atoms with van der Waals surface area (Å²) in [6.45, 7) is 2.67. The van der Waals surface area contributed by atoms with Crippen LogP contribution in [0.1, 0.15) is 25.5 Å². The molecule has 2 rings (SSSR count). The van der Waals surface area contributed by atoms with E-state index in [1.54, 1.807) is 6.20 Å². The quantitative estimate of drug-likeness (QED) is 0.591. The number of hydrogen-bond acceptors (Lipinski definition) is 3. The van der Waals surface area contributed by atoms with Crippen LogP contribution < -0.4 is 10.6 Å². The van der Waals surface area contributed by atoms with Gasteiger partial charge in [0.15, 0.2) is 0 Å².